The van der Waals surface area contributed by atoms with E-state index in [-0.39, 0.29) is 5.97 Å². The fourth-order valence-electron chi connectivity index (χ4n) is 2.19. The van der Waals surface area contributed by atoms with Gasteiger partial charge in [0.05, 0.1) is 18.4 Å². The van der Waals surface area contributed by atoms with E-state index in [1.807, 2.05) is 36.4 Å². The number of carbonyl (C=O) groups is 1. The second-order valence-electron chi connectivity index (χ2n) is 5.19. The summed E-state index contributed by atoms with van der Waals surface area (Å²) in [7, 11) is 0. The zero-order valence-corrected chi connectivity index (χ0v) is 13.1. The highest BCUT2D eigenvalue weighted by atomic mass is 16.5. The van der Waals surface area contributed by atoms with E-state index in [1.165, 1.54) is 0 Å². The summed E-state index contributed by atoms with van der Waals surface area (Å²) in [5.74, 6) is 0.957. The Labute approximate surface area is 140 Å². The predicted molar refractivity (Wildman–Crippen MR) is 91.2 cm³/mol. The van der Waals surface area contributed by atoms with Crippen molar-refractivity contribution >= 4 is 5.97 Å². The van der Waals surface area contributed by atoms with Gasteiger partial charge in [0.2, 0.25) is 0 Å². The lowest BCUT2D eigenvalue weighted by molar-refractivity contribution is 0.0509. The summed E-state index contributed by atoms with van der Waals surface area (Å²) in [5, 5.41) is 0. The summed E-state index contributed by atoms with van der Waals surface area (Å²) in [5.41, 5.74) is 1.65. The second kappa shape index (κ2) is 7.92. The highest BCUT2D eigenvalue weighted by Gasteiger charge is 2.07. The SMILES string of the molecule is O=C(OCCc1ccccc1)c1ccc(Oc2cccnc2)cc1. The molecule has 0 saturated carbocycles. The molecule has 0 N–H and O–H groups in total. The normalized spacial score (nSPS) is 10.2. The van der Waals surface area contributed by atoms with E-state index in [2.05, 4.69) is 4.98 Å². The van der Waals surface area contributed by atoms with Crippen LogP contribution >= 0.6 is 0 Å². The summed E-state index contributed by atoms with van der Waals surface area (Å²) < 4.78 is 10.9. The van der Waals surface area contributed by atoms with Crippen LogP contribution in [0.3, 0.4) is 0 Å². The maximum Gasteiger partial charge on any atom is 0.338 e. The van der Waals surface area contributed by atoms with Crippen LogP contribution in [0.5, 0.6) is 11.5 Å². The van der Waals surface area contributed by atoms with Gasteiger partial charge in [0.1, 0.15) is 11.5 Å². The molecule has 4 nitrogen and oxygen atoms in total. The summed E-state index contributed by atoms with van der Waals surface area (Å²) >= 11 is 0. The Hall–Kier alpha value is -3.14. The second-order valence-corrected chi connectivity index (χ2v) is 5.19. The first kappa shape index (κ1) is 15.7. The molecule has 0 bridgehead atoms. The number of pyridine rings is 1. The highest BCUT2D eigenvalue weighted by molar-refractivity contribution is 5.89. The van der Waals surface area contributed by atoms with Crippen LogP contribution in [-0.4, -0.2) is 17.6 Å². The molecule has 3 rings (SSSR count). The molecule has 1 aromatic heterocycles. The molecule has 0 radical (unpaired) electrons. The molecule has 0 spiro atoms. The monoisotopic (exact) mass is 319 g/mol. The van der Waals surface area contributed by atoms with Crippen LogP contribution in [0.4, 0.5) is 0 Å². The highest BCUT2D eigenvalue weighted by Crippen LogP contribution is 2.20. The van der Waals surface area contributed by atoms with Crippen molar-refractivity contribution in [1.29, 1.82) is 0 Å². The van der Waals surface area contributed by atoms with E-state index in [4.69, 9.17) is 9.47 Å². The number of rotatable bonds is 6. The number of aromatic nitrogens is 1. The Morgan fingerprint density at radius 3 is 2.38 bits per heavy atom. The van der Waals surface area contributed by atoms with Gasteiger partial charge in [0, 0.05) is 12.6 Å². The third-order valence-electron chi connectivity index (χ3n) is 3.43. The fraction of sp³-hybridized carbons (Fsp3) is 0.100. The van der Waals surface area contributed by atoms with Crippen molar-refractivity contribution in [1.82, 2.24) is 4.98 Å². The number of benzene rings is 2. The molecule has 24 heavy (non-hydrogen) atoms. The van der Waals surface area contributed by atoms with Crippen molar-refractivity contribution in [3.8, 4) is 11.5 Å². The van der Waals surface area contributed by atoms with Gasteiger partial charge in [-0.15, -0.1) is 0 Å². The van der Waals surface area contributed by atoms with Crippen molar-refractivity contribution in [2.75, 3.05) is 6.61 Å². The predicted octanol–water partition coefficient (Wildman–Crippen LogP) is 4.27. The van der Waals surface area contributed by atoms with Crippen molar-refractivity contribution in [2.45, 2.75) is 6.42 Å². The van der Waals surface area contributed by atoms with Crippen molar-refractivity contribution < 1.29 is 14.3 Å². The third kappa shape index (κ3) is 4.43. The van der Waals surface area contributed by atoms with Crippen molar-refractivity contribution in [3.63, 3.8) is 0 Å². The first-order valence-corrected chi connectivity index (χ1v) is 7.70. The molecule has 0 amide bonds. The van der Waals surface area contributed by atoms with Crippen LogP contribution in [0.1, 0.15) is 15.9 Å². The first-order valence-electron chi connectivity index (χ1n) is 7.70. The smallest absolute Gasteiger partial charge is 0.338 e. The molecule has 0 atom stereocenters. The minimum atomic E-state index is -0.334. The summed E-state index contributed by atoms with van der Waals surface area (Å²) in [4.78, 5) is 16.0. The molecule has 120 valence electrons. The molecule has 1 heterocycles. The molecular formula is C20H17NO3. The number of esters is 1. The topological polar surface area (TPSA) is 48.4 Å². The largest absolute Gasteiger partial charge is 0.462 e. The molecule has 2 aromatic carbocycles. The maximum absolute atomic E-state index is 12.0. The number of hydrogen-bond donors (Lipinski definition) is 0. The van der Waals surface area contributed by atoms with Gasteiger partial charge in [-0.1, -0.05) is 30.3 Å². The van der Waals surface area contributed by atoms with Gasteiger partial charge in [-0.25, -0.2) is 4.79 Å². The van der Waals surface area contributed by atoms with Crippen molar-refractivity contribution in [3.05, 3.63) is 90.3 Å². The van der Waals surface area contributed by atoms with E-state index in [1.54, 1.807) is 42.7 Å². The number of carbonyl (C=O) groups excluding carboxylic acids is 1. The molecular weight excluding hydrogens is 302 g/mol. The zero-order chi connectivity index (χ0) is 16.6. The van der Waals surface area contributed by atoms with Gasteiger partial charge in [0.25, 0.3) is 0 Å². The number of hydrogen-bond acceptors (Lipinski definition) is 4. The Morgan fingerprint density at radius 1 is 0.875 bits per heavy atom. The van der Waals surface area contributed by atoms with Crippen molar-refractivity contribution in [2.24, 2.45) is 0 Å². The average Bonchev–Trinajstić information content (AvgIpc) is 2.64. The molecule has 0 unspecified atom stereocenters. The Kier molecular flexibility index (Phi) is 5.20. The van der Waals surface area contributed by atoms with Gasteiger partial charge in [-0.2, -0.15) is 0 Å². The Bertz CT molecular complexity index is 771. The third-order valence-corrected chi connectivity index (χ3v) is 3.43. The quantitative estimate of drug-likeness (QED) is 0.637. The molecule has 3 aromatic rings. The van der Waals surface area contributed by atoms with E-state index in [0.29, 0.717) is 30.1 Å². The summed E-state index contributed by atoms with van der Waals surface area (Å²) in [6.07, 6.45) is 4.02. The van der Waals surface area contributed by atoms with Crippen LogP contribution < -0.4 is 4.74 Å². The standard InChI is InChI=1S/C20H17NO3/c22-20(23-14-12-16-5-2-1-3-6-16)17-8-10-18(11-9-17)24-19-7-4-13-21-15-19/h1-11,13,15H,12,14H2. The first-order chi connectivity index (χ1) is 11.8. The summed E-state index contributed by atoms with van der Waals surface area (Å²) in [6, 6.07) is 20.4. The fourth-order valence-corrected chi connectivity index (χ4v) is 2.19. The minimum Gasteiger partial charge on any atom is -0.462 e. The molecule has 0 fully saturated rings. The van der Waals surface area contributed by atoms with E-state index in [9.17, 15) is 4.79 Å². The molecule has 4 heteroatoms. The van der Waals surface area contributed by atoms with E-state index in [0.717, 1.165) is 5.56 Å². The Balaban J connectivity index is 1.52. The van der Waals surface area contributed by atoms with Crippen LogP contribution in [0.15, 0.2) is 79.1 Å². The van der Waals surface area contributed by atoms with Gasteiger partial charge >= 0.3 is 5.97 Å². The van der Waals surface area contributed by atoms with E-state index >= 15 is 0 Å². The van der Waals surface area contributed by atoms with Crippen LogP contribution in [0.25, 0.3) is 0 Å². The molecule has 0 aliphatic heterocycles. The van der Waals surface area contributed by atoms with E-state index < -0.39 is 0 Å². The number of ether oxygens (including phenoxy) is 2. The van der Waals surface area contributed by atoms with Gasteiger partial charge < -0.3 is 9.47 Å². The summed E-state index contributed by atoms with van der Waals surface area (Å²) in [6.45, 7) is 0.358. The minimum absolute atomic E-state index is 0.334. The Morgan fingerprint density at radius 2 is 1.67 bits per heavy atom. The lowest BCUT2D eigenvalue weighted by Gasteiger charge is -2.07. The maximum atomic E-state index is 12.0. The van der Waals surface area contributed by atoms with Crippen LogP contribution in [0, 0.1) is 0 Å². The average molecular weight is 319 g/mol. The lowest BCUT2D eigenvalue weighted by atomic mass is 10.2. The lowest BCUT2D eigenvalue weighted by Crippen LogP contribution is -2.08. The number of nitrogens with zero attached hydrogens (tertiary/aromatic N) is 1. The molecule has 0 saturated heterocycles. The zero-order valence-electron chi connectivity index (χ0n) is 13.1. The van der Waals surface area contributed by atoms with Crippen LogP contribution in [-0.2, 0) is 11.2 Å². The molecule has 0 aliphatic carbocycles. The van der Waals surface area contributed by atoms with Gasteiger partial charge in [-0.3, -0.25) is 4.98 Å². The van der Waals surface area contributed by atoms with Crippen LogP contribution in [0.2, 0.25) is 0 Å². The van der Waals surface area contributed by atoms with Gasteiger partial charge in [0.15, 0.2) is 0 Å². The van der Waals surface area contributed by atoms with Gasteiger partial charge in [-0.05, 0) is 42.0 Å². The molecule has 0 aliphatic rings.